The van der Waals surface area contributed by atoms with Crippen LogP contribution in [0.15, 0.2) is 47.0 Å². The first-order valence-electron chi connectivity index (χ1n) is 10.3. The van der Waals surface area contributed by atoms with Gasteiger partial charge in [0, 0.05) is 32.0 Å². The van der Waals surface area contributed by atoms with Gasteiger partial charge in [0.25, 0.3) is 0 Å². The molecular weight excluding hydrogens is 473 g/mol. The molecule has 4 nitrogen and oxygen atoms in total. The average Bonchev–Trinajstić information content (AvgIpc) is 3.26. The number of aryl methyl sites for hydroxylation is 4. The number of hydrogen-bond donors (Lipinski definition) is 0. The fourth-order valence-electron chi connectivity index (χ4n) is 3.63. The van der Waals surface area contributed by atoms with Crippen molar-refractivity contribution in [3.63, 3.8) is 0 Å². The van der Waals surface area contributed by atoms with Crippen LogP contribution in [-0.4, -0.2) is 19.9 Å². The number of hydrogen-bond acceptors (Lipinski definition) is 8. The van der Waals surface area contributed by atoms with Gasteiger partial charge in [-0.15, -0.1) is 46.2 Å². The Hall–Kier alpha value is -2.00. The van der Waals surface area contributed by atoms with Gasteiger partial charge in [0.15, 0.2) is 0 Å². The van der Waals surface area contributed by atoms with E-state index in [1.165, 1.54) is 42.8 Å². The smallest absolute Gasteiger partial charge is 0.128 e. The second-order valence-corrected chi connectivity index (χ2v) is 12.0. The first-order chi connectivity index (χ1) is 15.5. The molecule has 0 spiro atoms. The lowest BCUT2D eigenvalue weighted by atomic mass is 10.2. The molecule has 0 atom stereocenters. The fraction of sp³-hybridized carbons (Fsp3) is 0.250. The predicted molar refractivity (Wildman–Crippen MR) is 139 cm³/mol. The van der Waals surface area contributed by atoms with Crippen molar-refractivity contribution >= 4 is 66.6 Å². The van der Waals surface area contributed by atoms with Crippen LogP contribution in [0.3, 0.4) is 0 Å². The Bertz CT molecular complexity index is 1330. The highest BCUT2D eigenvalue weighted by Gasteiger charge is 2.14. The van der Waals surface area contributed by atoms with E-state index >= 15 is 0 Å². The van der Waals surface area contributed by atoms with Gasteiger partial charge >= 0.3 is 0 Å². The molecule has 32 heavy (non-hydrogen) atoms. The van der Waals surface area contributed by atoms with Crippen LogP contribution in [0.2, 0.25) is 0 Å². The van der Waals surface area contributed by atoms with Gasteiger partial charge in [0.1, 0.15) is 32.4 Å². The second-order valence-electron chi connectivity index (χ2n) is 7.68. The fourth-order valence-corrected chi connectivity index (χ4v) is 7.75. The maximum absolute atomic E-state index is 4.57. The van der Waals surface area contributed by atoms with Gasteiger partial charge in [0.2, 0.25) is 0 Å². The summed E-state index contributed by atoms with van der Waals surface area (Å²) in [4.78, 5) is 22.9. The van der Waals surface area contributed by atoms with Crippen LogP contribution < -0.4 is 0 Å². The van der Waals surface area contributed by atoms with Crippen LogP contribution in [0.25, 0.3) is 20.4 Å². The Labute approximate surface area is 204 Å². The molecule has 0 saturated carbocycles. The molecule has 0 N–H and O–H groups in total. The molecule has 1 aromatic carbocycles. The Morgan fingerprint density at radius 3 is 1.62 bits per heavy atom. The zero-order valence-electron chi connectivity index (χ0n) is 18.3. The summed E-state index contributed by atoms with van der Waals surface area (Å²) in [5.74, 6) is 1.78. The lowest BCUT2D eigenvalue weighted by Crippen LogP contribution is -1.90. The summed E-state index contributed by atoms with van der Waals surface area (Å²) in [6.45, 7) is 8.64. The van der Waals surface area contributed by atoms with E-state index in [0.717, 1.165) is 31.2 Å². The molecule has 8 heteroatoms. The van der Waals surface area contributed by atoms with E-state index in [1.807, 2.05) is 0 Å². The summed E-state index contributed by atoms with van der Waals surface area (Å²) >= 11 is 7.08. The lowest BCUT2D eigenvalue weighted by molar-refractivity contribution is 1.10. The van der Waals surface area contributed by atoms with Crippen LogP contribution in [0, 0.1) is 27.7 Å². The van der Waals surface area contributed by atoms with Gasteiger partial charge in [-0.25, -0.2) is 19.9 Å². The highest BCUT2D eigenvalue weighted by molar-refractivity contribution is 7.99. The van der Waals surface area contributed by atoms with Gasteiger partial charge in [-0.3, -0.25) is 0 Å². The van der Waals surface area contributed by atoms with Gasteiger partial charge < -0.3 is 0 Å². The third kappa shape index (κ3) is 4.17. The molecule has 4 heterocycles. The quantitative estimate of drug-likeness (QED) is 0.180. The van der Waals surface area contributed by atoms with Crippen LogP contribution in [0.1, 0.15) is 32.0 Å². The molecule has 0 aliphatic carbocycles. The van der Waals surface area contributed by atoms with Crippen molar-refractivity contribution in [3.05, 3.63) is 68.9 Å². The van der Waals surface area contributed by atoms with Crippen molar-refractivity contribution in [2.45, 2.75) is 49.3 Å². The molecule has 0 amide bonds. The summed E-state index contributed by atoms with van der Waals surface area (Å²) in [6, 6.07) is 8.84. The Kier molecular flexibility index (Phi) is 6.20. The number of fused-ring (bicyclic) bond motifs is 2. The molecule has 0 bridgehead atoms. The number of benzene rings is 1. The molecule has 5 rings (SSSR count). The highest BCUT2D eigenvalue weighted by atomic mass is 32.2. The zero-order chi connectivity index (χ0) is 22.2. The van der Waals surface area contributed by atoms with Gasteiger partial charge in [0.05, 0.1) is 0 Å². The predicted octanol–water partition coefficient (Wildman–Crippen LogP) is 7.51. The van der Waals surface area contributed by atoms with Crippen LogP contribution in [0.4, 0.5) is 0 Å². The topological polar surface area (TPSA) is 51.6 Å². The van der Waals surface area contributed by atoms with Crippen molar-refractivity contribution in [1.82, 2.24) is 19.9 Å². The second kappa shape index (κ2) is 9.09. The first-order valence-corrected chi connectivity index (χ1v) is 13.9. The molecular formula is C24H22N4S4. The third-order valence-electron chi connectivity index (χ3n) is 5.60. The molecule has 0 saturated heterocycles. The van der Waals surface area contributed by atoms with Gasteiger partial charge in [-0.1, -0.05) is 24.3 Å². The van der Waals surface area contributed by atoms with Crippen molar-refractivity contribution < 1.29 is 0 Å². The van der Waals surface area contributed by atoms with Crippen molar-refractivity contribution in [1.29, 1.82) is 0 Å². The molecule has 4 aromatic heterocycles. The summed E-state index contributed by atoms with van der Waals surface area (Å²) < 4.78 is 0. The number of aromatic nitrogens is 4. The third-order valence-corrected chi connectivity index (χ3v) is 9.96. The minimum absolute atomic E-state index is 0.888. The molecule has 0 radical (unpaired) electrons. The van der Waals surface area contributed by atoms with Crippen molar-refractivity contribution in [2.24, 2.45) is 0 Å². The van der Waals surface area contributed by atoms with E-state index in [2.05, 4.69) is 71.9 Å². The standard InChI is InChI=1S/C24H22N4S4/c1-13-15(3)31-23-19(13)21(25-11-27-23)29-9-17-6-5-7-18(8-17)10-30-22-20-14(2)16(4)32-24(20)28-12-26-22/h5-8,11-12H,9-10H2,1-4H3. The maximum atomic E-state index is 4.57. The van der Waals surface area contributed by atoms with E-state index in [-0.39, 0.29) is 0 Å². The molecule has 0 unspecified atom stereocenters. The van der Waals surface area contributed by atoms with Crippen LogP contribution in [0.5, 0.6) is 0 Å². The summed E-state index contributed by atoms with van der Waals surface area (Å²) in [5.41, 5.74) is 5.21. The number of thioether (sulfide) groups is 2. The molecule has 5 aromatic rings. The summed E-state index contributed by atoms with van der Waals surface area (Å²) in [7, 11) is 0. The number of rotatable bonds is 6. The first kappa shape index (κ1) is 21.8. The summed E-state index contributed by atoms with van der Waals surface area (Å²) in [5, 5.41) is 4.56. The minimum atomic E-state index is 0.888. The van der Waals surface area contributed by atoms with E-state index < -0.39 is 0 Å². The zero-order valence-corrected chi connectivity index (χ0v) is 21.6. The number of nitrogens with zero attached hydrogens (tertiary/aromatic N) is 4. The normalized spacial score (nSPS) is 11.6. The van der Waals surface area contributed by atoms with Crippen LogP contribution >= 0.6 is 46.2 Å². The highest BCUT2D eigenvalue weighted by Crippen LogP contribution is 2.37. The Balaban J connectivity index is 1.32. The molecule has 0 aliphatic rings. The van der Waals surface area contributed by atoms with Crippen LogP contribution in [-0.2, 0) is 11.5 Å². The molecule has 0 fully saturated rings. The molecule has 162 valence electrons. The van der Waals surface area contributed by atoms with Gasteiger partial charge in [-0.2, -0.15) is 0 Å². The maximum Gasteiger partial charge on any atom is 0.128 e. The minimum Gasteiger partial charge on any atom is -0.229 e. The van der Waals surface area contributed by atoms with Gasteiger partial charge in [-0.05, 0) is 49.9 Å². The monoisotopic (exact) mass is 494 g/mol. The van der Waals surface area contributed by atoms with Crippen molar-refractivity contribution in [2.75, 3.05) is 0 Å². The molecule has 0 aliphatic heterocycles. The van der Waals surface area contributed by atoms with E-state index in [9.17, 15) is 0 Å². The Morgan fingerprint density at radius 1 is 0.688 bits per heavy atom. The SMILES string of the molecule is Cc1sc2ncnc(SCc3cccc(CSc4ncnc5sc(C)c(C)c45)c3)c2c1C. The van der Waals surface area contributed by atoms with E-state index in [1.54, 1.807) is 58.9 Å². The van der Waals surface area contributed by atoms with E-state index in [0.29, 0.717) is 0 Å². The average molecular weight is 495 g/mol. The number of thiophene rings is 2. The van der Waals surface area contributed by atoms with E-state index in [4.69, 9.17) is 0 Å². The lowest BCUT2D eigenvalue weighted by Gasteiger charge is -2.07. The Morgan fingerprint density at radius 2 is 1.16 bits per heavy atom. The summed E-state index contributed by atoms with van der Waals surface area (Å²) in [6.07, 6.45) is 3.37. The largest absolute Gasteiger partial charge is 0.229 e. The van der Waals surface area contributed by atoms with Crippen molar-refractivity contribution in [3.8, 4) is 0 Å².